The van der Waals surface area contributed by atoms with Crippen molar-refractivity contribution < 1.29 is 14.3 Å². The van der Waals surface area contributed by atoms with E-state index >= 15 is 0 Å². The number of hydrogen-bond acceptors (Lipinski definition) is 3. The van der Waals surface area contributed by atoms with Gasteiger partial charge < -0.3 is 14.8 Å². The van der Waals surface area contributed by atoms with Crippen molar-refractivity contribution in [1.29, 1.82) is 0 Å². The zero-order valence-electron chi connectivity index (χ0n) is 13.9. The molecule has 0 bridgehead atoms. The van der Waals surface area contributed by atoms with Crippen molar-refractivity contribution in [3.05, 3.63) is 71.5 Å². The van der Waals surface area contributed by atoms with Crippen molar-refractivity contribution in [2.75, 3.05) is 6.54 Å². The summed E-state index contributed by atoms with van der Waals surface area (Å²) >= 11 is 0. The molecule has 0 aliphatic carbocycles. The van der Waals surface area contributed by atoms with Crippen LogP contribution in [0.4, 0.5) is 0 Å². The molecule has 1 heterocycles. The van der Waals surface area contributed by atoms with Gasteiger partial charge in [0.2, 0.25) is 5.91 Å². The predicted molar refractivity (Wildman–Crippen MR) is 93.7 cm³/mol. The van der Waals surface area contributed by atoms with Crippen molar-refractivity contribution in [2.24, 2.45) is 0 Å². The Balaban J connectivity index is 1.65. The smallest absolute Gasteiger partial charge is 0.224 e. The van der Waals surface area contributed by atoms with Crippen molar-refractivity contribution in [2.45, 2.75) is 25.9 Å². The van der Waals surface area contributed by atoms with E-state index < -0.39 is 5.60 Å². The van der Waals surface area contributed by atoms with Crippen LogP contribution in [-0.2, 0) is 16.8 Å². The summed E-state index contributed by atoms with van der Waals surface area (Å²) in [6, 6.07) is 15.2. The van der Waals surface area contributed by atoms with Gasteiger partial charge in [0.05, 0.1) is 19.2 Å². The van der Waals surface area contributed by atoms with Crippen molar-refractivity contribution in [3.8, 4) is 0 Å². The maximum atomic E-state index is 12.2. The molecule has 24 heavy (non-hydrogen) atoms. The van der Waals surface area contributed by atoms with E-state index in [-0.39, 0.29) is 18.9 Å². The molecule has 3 aromatic rings. The fourth-order valence-corrected chi connectivity index (χ4v) is 2.73. The molecule has 1 atom stereocenters. The van der Waals surface area contributed by atoms with Crippen LogP contribution in [0.3, 0.4) is 0 Å². The maximum Gasteiger partial charge on any atom is 0.224 e. The average molecular weight is 323 g/mol. The summed E-state index contributed by atoms with van der Waals surface area (Å²) in [5, 5.41) is 14.3. The molecule has 2 aromatic carbocycles. The third-order valence-electron chi connectivity index (χ3n) is 4.19. The normalized spacial score (nSPS) is 13.6. The lowest BCUT2D eigenvalue weighted by Crippen LogP contribution is -2.39. The molecule has 0 radical (unpaired) electrons. The van der Waals surface area contributed by atoms with E-state index in [0.717, 1.165) is 27.7 Å². The first-order valence-electron chi connectivity index (χ1n) is 7.97. The molecule has 0 fully saturated rings. The molecular formula is C20H21NO3. The highest BCUT2D eigenvalue weighted by molar-refractivity contribution is 5.87. The van der Waals surface area contributed by atoms with E-state index in [1.165, 1.54) is 0 Å². The second kappa shape index (κ2) is 6.49. The minimum atomic E-state index is -1.10. The summed E-state index contributed by atoms with van der Waals surface area (Å²) < 4.78 is 5.52. The van der Waals surface area contributed by atoms with Crippen molar-refractivity contribution in [3.63, 3.8) is 0 Å². The van der Waals surface area contributed by atoms with Crippen LogP contribution in [0.15, 0.2) is 59.2 Å². The maximum absolute atomic E-state index is 12.2. The second-order valence-electron chi connectivity index (χ2n) is 6.35. The Morgan fingerprint density at radius 1 is 1.21 bits per heavy atom. The Morgan fingerprint density at radius 3 is 2.71 bits per heavy atom. The summed E-state index contributed by atoms with van der Waals surface area (Å²) in [5.74, 6) is -0.144. The van der Waals surface area contributed by atoms with Gasteiger partial charge in [-0.15, -0.1) is 0 Å². The Labute approximate surface area is 141 Å². The zero-order chi connectivity index (χ0) is 17.2. The van der Waals surface area contributed by atoms with Gasteiger partial charge in [0.25, 0.3) is 0 Å². The molecule has 4 nitrogen and oxygen atoms in total. The molecule has 124 valence electrons. The predicted octanol–water partition coefficient (Wildman–Crippen LogP) is 3.31. The zero-order valence-corrected chi connectivity index (χ0v) is 13.9. The van der Waals surface area contributed by atoms with Gasteiger partial charge in [-0.05, 0) is 31.0 Å². The number of carbonyl (C=O) groups excluding carboxylic acids is 1. The topological polar surface area (TPSA) is 62.5 Å². The Kier molecular flexibility index (Phi) is 4.40. The average Bonchev–Trinajstić information content (AvgIpc) is 2.96. The van der Waals surface area contributed by atoms with Crippen LogP contribution in [0.25, 0.3) is 11.0 Å². The van der Waals surface area contributed by atoms with Crippen LogP contribution >= 0.6 is 0 Å². The summed E-state index contributed by atoms with van der Waals surface area (Å²) in [4.78, 5) is 12.2. The molecule has 2 N–H and O–H groups in total. The van der Waals surface area contributed by atoms with Gasteiger partial charge >= 0.3 is 0 Å². The Morgan fingerprint density at radius 2 is 1.96 bits per heavy atom. The number of aryl methyl sites for hydroxylation is 1. The van der Waals surface area contributed by atoms with Crippen LogP contribution in [0.2, 0.25) is 0 Å². The molecule has 1 unspecified atom stereocenters. The summed E-state index contributed by atoms with van der Waals surface area (Å²) in [6.07, 6.45) is 1.85. The number of hydrogen-bond donors (Lipinski definition) is 2. The number of amides is 1. The lowest BCUT2D eigenvalue weighted by molar-refractivity contribution is -0.121. The molecule has 1 amide bonds. The number of fused-ring (bicyclic) bond motifs is 1. The first kappa shape index (κ1) is 16.3. The molecule has 0 saturated heterocycles. The van der Waals surface area contributed by atoms with Gasteiger partial charge in [0, 0.05) is 10.9 Å². The second-order valence-corrected chi connectivity index (χ2v) is 6.35. The number of aliphatic hydroxyl groups is 1. The minimum absolute atomic E-state index is 0.144. The Hall–Kier alpha value is -2.59. The van der Waals surface area contributed by atoms with Crippen molar-refractivity contribution in [1.82, 2.24) is 5.32 Å². The van der Waals surface area contributed by atoms with Gasteiger partial charge in [0.1, 0.15) is 11.2 Å². The number of nitrogens with one attached hydrogen (secondary N) is 1. The van der Waals surface area contributed by atoms with E-state index in [1.54, 1.807) is 13.2 Å². The van der Waals surface area contributed by atoms with Gasteiger partial charge in [-0.1, -0.05) is 42.5 Å². The third-order valence-corrected chi connectivity index (χ3v) is 4.19. The standard InChI is InChI=1S/C20H21NO3/c1-14-8-9-17-15(12-24-18(17)10-14)11-19(22)21-13-20(2,23)16-6-4-3-5-7-16/h3-10,12,23H,11,13H2,1-2H3,(H,21,22). The lowest BCUT2D eigenvalue weighted by Gasteiger charge is -2.24. The SMILES string of the molecule is Cc1ccc2c(CC(=O)NCC(C)(O)c3ccccc3)coc2c1. The van der Waals surface area contributed by atoms with E-state index in [2.05, 4.69) is 5.32 Å². The van der Waals surface area contributed by atoms with Gasteiger partial charge in [-0.3, -0.25) is 4.79 Å². The van der Waals surface area contributed by atoms with Gasteiger partial charge in [-0.25, -0.2) is 0 Å². The summed E-state index contributed by atoms with van der Waals surface area (Å²) in [5.41, 5.74) is 2.42. The molecule has 1 aromatic heterocycles. The van der Waals surface area contributed by atoms with E-state index in [9.17, 15) is 9.90 Å². The summed E-state index contributed by atoms with van der Waals surface area (Å²) in [7, 11) is 0. The van der Waals surface area contributed by atoms with E-state index in [1.807, 2.05) is 55.5 Å². The third kappa shape index (κ3) is 3.49. The highest BCUT2D eigenvalue weighted by atomic mass is 16.3. The van der Waals surface area contributed by atoms with Crippen LogP contribution < -0.4 is 5.32 Å². The Bertz CT molecular complexity index is 850. The molecule has 4 heteroatoms. The largest absolute Gasteiger partial charge is 0.464 e. The minimum Gasteiger partial charge on any atom is -0.464 e. The van der Waals surface area contributed by atoms with Crippen LogP contribution in [0, 0.1) is 6.92 Å². The highest BCUT2D eigenvalue weighted by Crippen LogP contribution is 2.23. The first-order chi connectivity index (χ1) is 11.5. The van der Waals surface area contributed by atoms with Crippen LogP contribution in [-0.4, -0.2) is 17.6 Å². The lowest BCUT2D eigenvalue weighted by atomic mass is 9.96. The molecular weight excluding hydrogens is 302 g/mol. The molecule has 3 rings (SSSR count). The van der Waals surface area contributed by atoms with E-state index in [0.29, 0.717) is 0 Å². The number of rotatable bonds is 5. The quantitative estimate of drug-likeness (QED) is 0.757. The number of furan rings is 1. The number of carbonyl (C=O) groups is 1. The van der Waals surface area contributed by atoms with Gasteiger partial charge in [-0.2, -0.15) is 0 Å². The van der Waals surface area contributed by atoms with Crippen LogP contribution in [0.5, 0.6) is 0 Å². The van der Waals surface area contributed by atoms with E-state index in [4.69, 9.17) is 4.42 Å². The monoisotopic (exact) mass is 323 g/mol. The molecule has 0 aliphatic rings. The van der Waals surface area contributed by atoms with Crippen LogP contribution in [0.1, 0.15) is 23.6 Å². The number of benzene rings is 2. The first-order valence-corrected chi connectivity index (χ1v) is 7.97. The molecule has 0 saturated carbocycles. The van der Waals surface area contributed by atoms with Crippen molar-refractivity contribution >= 4 is 16.9 Å². The summed E-state index contributed by atoms with van der Waals surface area (Å²) in [6.45, 7) is 3.85. The fourth-order valence-electron chi connectivity index (χ4n) is 2.73. The highest BCUT2D eigenvalue weighted by Gasteiger charge is 2.23. The fraction of sp³-hybridized carbons (Fsp3) is 0.250. The van der Waals surface area contributed by atoms with Gasteiger partial charge in [0.15, 0.2) is 0 Å². The molecule has 0 aliphatic heterocycles. The molecule has 0 spiro atoms.